The number of carbonyl (C=O) groups excluding carboxylic acids is 3. The highest BCUT2D eigenvalue weighted by Gasteiger charge is 2.36. The number of likely N-dealkylation sites (N-methyl/N-ethyl adjacent to an activating group) is 1. The zero-order valence-corrected chi connectivity index (χ0v) is 24.5. The van der Waals surface area contributed by atoms with Crippen molar-refractivity contribution in [3.63, 3.8) is 0 Å². The molecule has 0 bridgehead atoms. The van der Waals surface area contributed by atoms with Gasteiger partial charge in [-0.3, -0.25) is 19.8 Å². The zero-order chi connectivity index (χ0) is 29.4. The van der Waals surface area contributed by atoms with Crippen LogP contribution in [0.5, 0.6) is 17.2 Å². The Bertz CT molecular complexity index is 1330. The Labute approximate surface area is 245 Å². The van der Waals surface area contributed by atoms with E-state index in [4.69, 9.17) is 26.4 Å². The summed E-state index contributed by atoms with van der Waals surface area (Å²) in [6.07, 6.45) is 5.55. The first-order chi connectivity index (χ1) is 19.8. The van der Waals surface area contributed by atoms with Crippen LogP contribution < -0.4 is 24.8 Å². The van der Waals surface area contributed by atoms with Gasteiger partial charge in [0.25, 0.3) is 11.8 Å². The molecule has 2 N–H and O–H groups in total. The van der Waals surface area contributed by atoms with Gasteiger partial charge in [-0.25, -0.2) is 4.79 Å². The Hall–Kier alpha value is -4.12. The second-order valence-corrected chi connectivity index (χ2v) is 10.3. The van der Waals surface area contributed by atoms with Crippen molar-refractivity contribution in [1.82, 2.24) is 20.4 Å². The number of thiocarbonyl (C=S) groups is 1. The maximum Gasteiger partial charge on any atom is 0.331 e. The number of methoxy groups -OCH3 is 1. The molecule has 0 aromatic heterocycles. The number of amides is 4. The number of unbranched alkanes of at least 4 members (excludes halogenated alkanes) is 3. The number of ether oxygens (including phenoxy) is 3. The van der Waals surface area contributed by atoms with Gasteiger partial charge in [0.1, 0.15) is 5.57 Å². The molecule has 2 heterocycles. The van der Waals surface area contributed by atoms with Gasteiger partial charge in [0.2, 0.25) is 12.5 Å². The smallest absolute Gasteiger partial charge is 0.331 e. The van der Waals surface area contributed by atoms with Crippen molar-refractivity contribution >= 4 is 41.3 Å². The van der Waals surface area contributed by atoms with Crippen LogP contribution in [0.1, 0.15) is 49.3 Å². The standard InChI is InChI=1S/C30H36N4O6S/c1-4-5-6-10-14-34-28(36)23(27(35)32-29(34)37)17-22-21(16-24-26(25(22)38-3)40-19-39-24)13-15-33(2)30(41)31-18-20-11-8-7-9-12-20/h7-9,11-12,16-17H,4-6,10,13-15,18-19H2,1-3H3,(H,31,41)(H,32,35,37)/b23-17+. The molecule has 4 rings (SSSR count). The number of urea groups is 1. The predicted molar refractivity (Wildman–Crippen MR) is 159 cm³/mol. The van der Waals surface area contributed by atoms with E-state index in [1.165, 1.54) is 13.2 Å². The van der Waals surface area contributed by atoms with Crippen LogP contribution in [0.15, 0.2) is 42.0 Å². The summed E-state index contributed by atoms with van der Waals surface area (Å²) in [5.41, 5.74) is 2.24. The van der Waals surface area contributed by atoms with Crippen LogP contribution in [0.2, 0.25) is 0 Å². The van der Waals surface area contributed by atoms with Crippen LogP contribution in [0.3, 0.4) is 0 Å². The number of imide groups is 2. The molecule has 2 aromatic rings. The Morgan fingerprint density at radius 2 is 1.95 bits per heavy atom. The number of nitrogens with one attached hydrogen (secondary N) is 2. The van der Waals surface area contributed by atoms with Gasteiger partial charge in [-0.15, -0.1) is 0 Å². The first-order valence-corrected chi connectivity index (χ1v) is 14.2. The Morgan fingerprint density at radius 1 is 1.17 bits per heavy atom. The maximum absolute atomic E-state index is 13.3. The number of nitrogens with zero attached hydrogens (tertiary/aromatic N) is 2. The minimum atomic E-state index is -0.751. The van der Waals surface area contributed by atoms with Crippen molar-refractivity contribution in [3.05, 3.63) is 58.7 Å². The van der Waals surface area contributed by atoms with E-state index in [1.54, 1.807) is 0 Å². The lowest BCUT2D eigenvalue weighted by Crippen LogP contribution is -2.54. The first kappa shape index (κ1) is 29.9. The van der Waals surface area contributed by atoms with Crippen LogP contribution in [-0.2, 0) is 22.6 Å². The molecule has 2 aliphatic rings. The zero-order valence-electron chi connectivity index (χ0n) is 23.7. The van der Waals surface area contributed by atoms with Gasteiger partial charge < -0.3 is 24.4 Å². The average molecular weight is 581 g/mol. The van der Waals surface area contributed by atoms with Crippen molar-refractivity contribution in [1.29, 1.82) is 0 Å². The van der Waals surface area contributed by atoms with Crippen molar-refractivity contribution < 1.29 is 28.6 Å². The highest BCUT2D eigenvalue weighted by Crippen LogP contribution is 2.46. The van der Waals surface area contributed by atoms with E-state index in [2.05, 4.69) is 17.6 Å². The van der Waals surface area contributed by atoms with Crippen LogP contribution in [-0.4, -0.2) is 66.8 Å². The second kappa shape index (κ2) is 14.0. The number of hydrogen-bond acceptors (Lipinski definition) is 7. The summed E-state index contributed by atoms with van der Waals surface area (Å²) in [7, 11) is 3.38. The monoisotopic (exact) mass is 580 g/mol. The van der Waals surface area contributed by atoms with Gasteiger partial charge in [-0.1, -0.05) is 56.5 Å². The van der Waals surface area contributed by atoms with Gasteiger partial charge in [0.15, 0.2) is 16.6 Å². The van der Waals surface area contributed by atoms with Gasteiger partial charge in [-0.2, -0.15) is 0 Å². The molecule has 4 amide bonds. The SMILES string of the molecule is CCCCCCN1C(=O)NC(=O)/C(=C\c2c(CCN(C)C(=S)NCc3ccccc3)cc3c(c2OC)OCO3)C1=O. The molecule has 218 valence electrons. The summed E-state index contributed by atoms with van der Waals surface area (Å²) in [5, 5.41) is 6.15. The van der Waals surface area contributed by atoms with Crippen LogP contribution in [0, 0.1) is 0 Å². The molecule has 0 aliphatic carbocycles. The normalized spacial score (nSPS) is 15.2. The largest absolute Gasteiger partial charge is 0.492 e. The number of barbiturate groups is 1. The molecule has 0 atom stereocenters. The summed E-state index contributed by atoms with van der Waals surface area (Å²) >= 11 is 5.59. The molecule has 2 aliphatic heterocycles. The fourth-order valence-electron chi connectivity index (χ4n) is 4.68. The van der Waals surface area contributed by atoms with Crippen molar-refractivity contribution in [3.8, 4) is 17.2 Å². The summed E-state index contributed by atoms with van der Waals surface area (Å²) < 4.78 is 17.0. The summed E-state index contributed by atoms with van der Waals surface area (Å²) in [6, 6.07) is 11.1. The minimum absolute atomic E-state index is 0.0258. The van der Waals surface area contributed by atoms with Gasteiger partial charge in [0.05, 0.1) is 7.11 Å². The van der Waals surface area contributed by atoms with Crippen molar-refractivity contribution in [2.24, 2.45) is 0 Å². The number of rotatable bonds is 12. The molecule has 11 heteroatoms. The maximum atomic E-state index is 13.3. The molecule has 0 unspecified atom stereocenters. The fourth-order valence-corrected chi connectivity index (χ4v) is 4.84. The predicted octanol–water partition coefficient (Wildman–Crippen LogP) is 4.02. The third-order valence-electron chi connectivity index (χ3n) is 7.01. The lowest BCUT2D eigenvalue weighted by atomic mass is 9.98. The lowest BCUT2D eigenvalue weighted by Gasteiger charge is -2.27. The third kappa shape index (κ3) is 7.15. The van der Waals surface area contributed by atoms with Gasteiger partial charge in [-0.05, 0) is 48.3 Å². The first-order valence-electron chi connectivity index (χ1n) is 13.7. The minimum Gasteiger partial charge on any atom is -0.492 e. The summed E-state index contributed by atoms with van der Waals surface area (Å²) in [5.74, 6) is -0.128. The van der Waals surface area contributed by atoms with E-state index in [-0.39, 0.29) is 18.9 Å². The number of fused-ring (bicyclic) bond motifs is 1. The lowest BCUT2D eigenvalue weighted by molar-refractivity contribution is -0.130. The summed E-state index contributed by atoms with van der Waals surface area (Å²) in [6.45, 7) is 3.48. The third-order valence-corrected chi connectivity index (χ3v) is 7.46. The molecule has 2 aromatic carbocycles. The van der Waals surface area contributed by atoms with Gasteiger partial charge in [0, 0.05) is 32.2 Å². The van der Waals surface area contributed by atoms with E-state index >= 15 is 0 Å². The summed E-state index contributed by atoms with van der Waals surface area (Å²) in [4.78, 5) is 41.7. The molecule has 0 radical (unpaired) electrons. The quantitative estimate of drug-likeness (QED) is 0.167. The van der Waals surface area contributed by atoms with E-state index in [9.17, 15) is 14.4 Å². The molecule has 10 nitrogen and oxygen atoms in total. The van der Waals surface area contributed by atoms with Crippen LogP contribution >= 0.6 is 12.2 Å². The fraction of sp³-hybridized carbons (Fsp3) is 0.400. The highest BCUT2D eigenvalue weighted by atomic mass is 32.1. The Kier molecular flexibility index (Phi) is 10.2. The number of hydrogen-bond donors (Lipinski definition) is 2. The van der Waals surface area contributed by atoms with Crippen LogP contribution in [0.25, 0.3) is 6.08 Å². The molecule has 41 heavy (non-hydrogen) atoms. The molecular formula is C30H36N4O6S. The molecule has 1 fully saturated rings. The van der Waals surface area contributed by atoms with E-state index in [1.807, 2.05) is 48.3 Å². The van der Waals surface area contributed by atoms with Crippen LogP contribution in [0.4, 0.5) is 4.79 Å². The van der Waals surface area contributed by atoms with E-state index in [0.717, 1.165) is 35.3 Å². The van der Waals surface area contributed by atoms with Crippen molar-refractivity contribution in [2.45, 2.75) is 45.6 Å². The second-order valence-electron chi connectivity index (χ2n) is 9.87. The van der Waals surface area contributed by atoms with Crippen molar-refractivity contribution in [2.75, 3.05) is 34.0 Å². The Morgan fingerprint density at radius 3 is 2.68 bits per heavy atom. The van der Waals surface area contributed by atoms with Gasteiger partial charge >= 0.3 is 6.03 Å². The number of benzene rings is 2. The molecule has 0 spiro atoms. The Balaban J connectivity index is 1.57. The molecule has 1 saturated heterocycles. The topological polar surface area (TPSA) is 109 Å². The number of carbonyl (C=O) groups is 3. The average Bonchev–Trinajstić information content (AvgIpc) is 3.44. The molecule has 0 saturated carbocycles. The van der Waals surface area contributed by atoms with E-state index in [0.29, 0.717) is 53.9 Å². The van der Waals surface area contributed by atoms with E-state index < -0.39 is 17.8 Å². The molecular weight excluding hydrogens is 544 g/mol. The highest BCUT2D eigenvalue weighted by molar-refractivity contribution is 7.80.